The molecule has 1 aromatic carbocycles. The molecule has 19 heavy (non-hydrogen) atoms. The normalized spacial score (nSPS) is 10.5. The van der Waals surface area contributed by atoms with Crippen LogP contribution in [-0.4, -0.2) is 60.5 Å². The molecule has 0 saturated heterocycles. The Bertz CT molecular complexity index is 463. The highest BCUT2D eigenvalue weighted by molar-refractivity contribution is 9.10. The average Bonchev–Trinajstić information content (AvgIpc) is 2.33. The molecule has 0 saturated carbocycles. The van der Waals surface area contributed by atoms with Crippen LogP contribution in [0.4, 0.5) is 0 Å². The fourth-order valence-corrected chi connectivity index (χ4v) is 1.94. The van der Waals surface area contributed by atoms with Crippen LogP contribution in [0, 0.1) is 0 Å². The van der Waals surface area contributed by atoms with Gasteiger partial charge in [0.25, 0.3) is 5.91 Å². The molecule has 0 aliphatic heterocycles. The highest BCUT2D eigenvalue weighted by Crippen LogP contribution is 2.13. The van der Waals surface area contributed by atoms with Gasteiger partial charge in [0.05, 0.1) is 0 Å². The third-order valence-electron chi connectivity index (χ3n) is 2.50. The summed E-state index contributed by atoms with van der Waals surface area (Å²) in [4.78, 5) is 26.4. The van der Waals surface area contributed by atoms with E-state index in [1.54, 1.807) is 18.2 Å². The second-order valence-corrected chi connectivity index (χ2v) is 5.35. The number of carbonyl (C=O) groups excluding carboxylic acids is 1. The van der Waals surface area contributed by atoms with E-state index >= 15 is 0 Å². The summed E-state index contributed by atoms with van der Waals surface area (Å²) in [5.74, 6) is -1.28. The van der Waals surface area contributed by atoms with E-state index in [2.05, 4.69) is 15.9 Å². The van der Waals surface area contributed by atoms with E-state index in [4.69, 9.17) is 5.11 Å². The maximum absolute atomic E-state index is 12.3. The molecule has 0 aromatic heterocycles. The zero-order valence-electron chi connectivity index (χ0n) is 11.0. The van der Waals surface area contributed by atoms with Gasteiger partial charge < -0.3 is 14.9 Å². The van der Waals surface area contributed by atoms with Crippen molar-refractivity contribution in [2.45, 2.75) is 0 Å². The van der Waals surface area contributed by atoms with E-state index in [1.165, 1.54) is 4.90 Å². The number of rotatable bonds is 6. The van der Waals surface area contributed by atoms with Crippen molar-refractivity contribution in [3.8, 4) is 0 Å². The number of benzene rings is 1. The van der Waals surface area contributed by atoms with Crippen LogP contribution in [0.2, 0.25) is 0 Å². The Kier molecular flexibility index (Phi) is 5.98. The molecule has 0 bridgehead atoms. The second kappa shape index (κ2) is 7.25. The molecule has 0 atom stereocenters. The van der Waals surface area contributed by atoms with Gasteiger partial charge in [0.2, 0.25) is 0 Å². The number of likely N-dealkylation sites (N-methyl/N-ethyl adjacent to an activating group) is 1. The van der Waals surface area contributed by atoms with E-state index < -0.39 is 5.97 Å². The van der Waals surface area contributed by atoms with E-state index in [0.29, 0.717) is 18.7 Å². The first-order valence-corrected chi connectivity index (χ1v) is 6.61. The monoisotopic (exact) mass is 328 g/mol. The van der Waals surface area contributed by atoms with Crippen LogP contribution < -0.4 is 0 Å². The fraction of sp³-hybridized carbons (Fsp3) is 0.385. The molecule has 5 nitrogen and oxygen atoms in total. The topological polar surface area (TPSA) is 60.9 Å². The van der Waals surface area contributed by atoms with Gasteiger partial charge >= 0.3 is 5.97 Å². The van der Waals surface area contributed by atoms with Crippen molar-refractivity contribution in [3.63, 3.8) is 0 Å². The zero-order chi connectivity index (χ0) is 14.4. The lowest BCUT2D eigenvalue weighted by Gasteiger charge is -2.22. The summed E-state index contributed by atoms with van der Waals surface area (Å²) in [6, 6.07) is 6.94. The van der Waals surface area contributed by atoms with Crippen LogP contribution in [0.15, 0.2) is 28.7 Å². The summed E-state index contributed by atoms with van der Waals surface area (Å²) in [6.45, 7) is 0.705. The summed E-state index contributed by atoms with van der Waals surface area (Å²) in [5.41, 5.74) is 0.481. The standard InChI is InChI=1S/C13H17BrN2O3/c1-15(2)6-7-16(9-12(17)18)13(19)10-4-3-5-11(14)8-10/h3-5,8H,6-7,9H2,1-2H3,(H,17,18). The van der Waals surface area contributed by atoms with Crippen LogP contribution in [-0.2, 0) is 4.79 Å². The lowest BCUT2D eigenvalue weighted by atomic mass is 10.2. The molecular formula is C13H17BrN2O3. The van der Waals surface area contributed by atoms with Crippen molar-refractivity contribution in [2.75, 3.05) is 33.7 Å². The molecule has 0 heterocycles. The third-order valence-corrected chi connectivity index (χ3v) is 3.00. The molecule has 0 spiro atoms. The van der Waals surface area contributed by atoms with Crippen molar-refractivity contribution in [3.05, 3.63) is 34.3 Å². The van der Waals surface area contributed by atoms with Crippen molar-refractivity contribution < 1.29 is 14.7 Å². The average molecular weight is 329 g/mol. The van der Waals surface area contributed by atoms with Gasteiger partial charge in [-0.05, 0) is 32.3 Å². The Morgan fingerprint density at radius 1 is 1.26 bits per heavy atom. The van der Waals surface area contributed by atoms with Crippen molar-refractivity contribution in [2.24, 2.45) is 0 Å². The van der Waals surface area contributed by atoms with Gasteiger partial charge in [0.1, 0.15) is 6.54 Å². The number of halogens is 1. The lowest BCUT2D eigenvalue weighted by Crippen LogP contribution is -2.40. The number of hydrogen-bond acceptors (Lipinski definition) is 3. The Labute approximate surface area is 120 Å². The number of carboxylic acid groups (broad SMARTS) is 1. The van der Waals surface area contributed by atoms with Gasteiger partial charge in [0.15, 0.2) is 0 Å². The molecule has 0 radical (unpaired) electrons. The smallest absolute Gasteiger partial charge is 0.323 e. The van der Waals surface area contributed by atoms with Crippen LogP contribution in [0.3, 0.4) is 0 Å². The molecule has 6 heteroatoms. The first-order chi connectivity index (χ1) is 8.90. The van der Waals surface area contributed by atoms with Crippen LogP contribution >= 0.6 is 15.9 Å². The van der Waals surface area contributed by atoms with E-state index in [0.717, 1.165) is 4.47 Å². The molecule has 0 aliphatic carbocycles. The maximum atomic E-state index is 12.3. The van der Waals surface area contributed by atoms with Gasteiger partial charge in [-0.2, -0.15) is 0 Å². The minimum absolute atomic E-state index is 0.273. The summed E-state index contributed by atoms with van der Waals surface area (Å²) >= 11 is 3.30. The Morgan fingerprint density at radius 3 is 2.47 bits per heavy atom. The minimum atomic E-state index is -1.01. The van der Waals surface area contributed by atoms with Gasteiger partial charge in [0, 0.05) is 23.1 Å². The van der Waals surface area contributed by atoms with Gasteiger partial charge in [-0.25, -0.2) is 0 Å². The Hall–Kier alpha value is -1.40. The van der Waals surface area contributed by atoms with E-state index in [-0.39, 0.29) is 12.5 Å². The summed E-state index contributed by atoms with van der Waals surface area (Å²) < 4.78 is 0.793. The largest absolute Gasteiger partial charge is 0.480 e. The first kappa shape index (κ1) is 15.7. The van der Waals surface area contributed by atoms with Crippen LogP contribution in [0.1, 0.15) is 10.4 Å². The van der Waals surface area contributed by atoms with Gasteiger partial charge in [-0.15, -0.1) is 0 Å². The van der Waals surface area contributed by atoms with Gasteiger partial charge in [-0.1, -0.05) is 22.0 Å². The molecule has 0 aliphatic rings. The Morgan fingerprint density at radius 2 is 1.95 bits per heavy atom. The maximum Gasteiger partial charge on any atom is 0.323 e. The number of amides is 1. The Balaban J connectivity index is 2.83. The number of nitrogens with zero attached hydrogens (tertiary/aromatic N) is 2. The summed E-state index contributed by atoms with van der Waals surface area (Å²) in [5, 5.41) is 8.88. The number of carboxylic acids is 1. The molecule has 1 rings (SSSR count). The van der Waals surface area contributed by atoms with Crippen molar-refractivity contribution >= 4 is 27.8 Å². The highest BCUT2D eigenvalue weighted by Gasteiger charge is 2.18. The molecule has 1 amide bonds. The lowest BCUT2D eigenvalue weighted by molar-refractivity contribution is -0.137. The summed E-state index contributed by atoms with van der Waals surface area (Å²) in [6.07, 6.45) is 0. The van der Waals surface area contributed by atoms with Crippen LogP contribution in [0.5, 0.6) is 0 Å². The SMILES string of the molecule is CN(C)CCN(CC(=O)O)C(=O)c1cccc(Br)c1. The number of aliphatic carboxylic acids is 1. The number of hydrogen-bond donors (Lipinski definition) is 1. The third kappa shape index (κ3) is 5.40. The molecular weight excluding hydrogens is 312 g/mol. The second-order valence-electron chi connectivity index (χ2n) is 4.43. The molecule has 1 aromatic rings. The molecule has 1 N–H and O–H groups in total. The van der Waals surface area contributed by atoms with Crippen LogP contribution in [0.25, 0.3) is 0 Å². The molecule has 0 fully saturated rings. The summed E-state index contributed by atoms with van der Waals surface area (Å²) in [7, 11) is 3.76. The number of carbonyl (C=O) groups is 2. The van der Waals surface area contributed by atoms with E-state index in [1.807, 2.05) is 25.1 Å². The predicted molar refractivity (Wildman–Crippen MR) is 76.2 cm³/mol. The molecule has 0 unspecified atom stereocenters. The van der Waals surface area contributed by atoms with Crippen molar-refractivity contribution in [1.82, 2.24) is 9.80 Å². The first-order valence-electron chi connectivity index (χ1n) is 5.81. The minimum Gasteiger partial charge on any atom is -0.480 e. The van der Waals surface area contributed by atoms with Crippen molar-refractivity contribution in [1.29, 1.82) is 0 Å². The quantitative estimate of drug-likeness (QED) is 0.860. The molecule has 104 valence electrons. The fourth-order valence-electron chi connectivity index (χ4n) is 1.54. The predicted octanol–water partition coefficient (Wildman–Crippen LogP) is 1.54. The van der Waals surface area contributed by atoms with E-state index in [9.17, 15) is 9.59 Å². The van der Waals surface area contributed by atoms with Gasteiger partial charge in [-0.3, -0.25) is 9.59 Å². The zero-order valence-corrected chi connectivity index (χ0v) is 12.6. The highest BCUT2D eigenvalue weighted by atomic mass is 79.9.